The molecule has 1 N–H and O–H groups in total. The second kappa shape index (κ2) is 7.85. The molecule has 1 heterocycles. The molecule has 3 rings (SSSR count). The highest BCUT2D eigenvalue weighted by atomic mass is 32.2. The summed E-state index contributed by atoms with van der Waals surface area (Å²) in [6, 6.07) is 20.5. The molecule has 0 saturated carbocycles. The Morgan fingerprint density at radius 2 is 1.95 bits per heavy atom. The SMILES string of the molecule is Cc1cccc(SC(CC2CCCCN2)c2ccccc2)c1. The van der Waals surface area contributed by atoms with E-state index in [1.807, 2.05) is 11.8 Å². The van der Waals surface area contributed by atoms with E-state index in [-0.39, 0.29) is 0 Å². The van der Waals surface area contributed by atoms with E-state index in [2.05, 4.69) is 66.8 Å². The van der Waals surface area contributed by atoms with E-state index in [9.17, 15) is 0 Å². The minimum atomic E-state index is 0.526. The lowest BCUT2D eigenvalue weighted by molar-refractivity contribution is 0.381. The lowest BCUT2D eigenvalue weighted by Crippen LogP contribution is -2.34. The Morgan fingerprint density at radius 3 is 2.68 bits per heavy atom. The van der Waals surface area contributed by atoms with Crippen LogP contribution < -0.4 is 5.32 Å². The Hall–Kier alpha value is -1.25. The average molecular weight is 311 g/mol. The van der Waals surface area contributed by atoms with Crippen LogP contribution in [0.1, 0.15) is 42.1 Å². The molecular formula is C20H25NS. The Bertz CT molecular complexity index is 575. The number of thioether (sulfide) groups is 1. The summed E-state index contributed by atoms with van der Waals surface area (Å²) < 4.78 is 0. The molecule has 0 bridgehead atoms. The van der Waals surface area contributed by atoms with Gasteiger partial charge < -0.3 is 5.32 Å². The lowest BCUT2D eigenvalue weighted by atomic mass is 9.97. The largest absolute Gasteiger partial charge is 0.314 e. The molecule has 0 aliphatic carbocycles. The fourth-order valence-electron chi connectivity index (χ4n) is 3.16. The molecule has 0 spiro atoms. The number of piperidine rings is 1. The third-order valence-electron chi connectivity index (χ3n) is 4.35. The van der Waals surface area contributed by atoms with Crippen molar-refractivity contribution in [3.05, 3.63) is 65.7 Å². The second-order valence-corrected chi connectivity index (χ2v) is 7.49. The van der Waals surface area contributed by atoms with Crippen molar-refractivity contribution in [2.24, 2.45) is 0 Å². The molecule has 2 heteroatoms. The highest BCUT2D eigenvalue weighted by Gasteiger charge is 2.20. The minimum Gasteiger partial charge on any atom is -0.314 e. The van der Waals surface area contributed by atoms with Crippen molar-refractivity contribution in [2.45, 2.75) is 48.8 Å². The Morgan fingerprint density at radius 1 is 1.09 bits per heavy atom. The van der Waals surface area contributed by atoms with Crippen LogP contribution in [0.5, 0.6) is 0 Å². The van der Waals surface area contributed by atoms with Gasteiger partial charge in [-0.3, -0.25) is 0 Å². The summed E-state index contributed by atoms with van der Waals surface area (Å²) in [4.78, 5) is 1.38. The van der Waals surface area contributed by atoms with Crippen molar-refractivity contribution in [3.8, 4) is 0 Å². The van der Waals surface area contributed by atoms with Crippen LogP contribution >= 0.6 is 11.8 Å². The lowest BCUT2D eigenvalue weighted by Gasteiger charge is -2.28. The van der Waals surface area contributed by atoms with Gasteiger partial charge in [0.1, 0.15) is 0 Å². The number of aryl methyl sites for hydroxylation is 1. The number of hydrogen-bond acceptors (Lipinski definition) is 2. The second-order valence-electron chi connectivity index (χ2n) is 6.22. The summed E-state index contributed by atoms with van der Waals surface area (Å²) >= 11 is 2.01. The van der Waals surface area contributed by atoms with Crippen molar-refractivity contribution in [1.82, 2.24) is 5.32 Å². The van der Waals surface area contributed by atoms with Gasteiger partial charge in [0.05, 0.1) is 0 Å². The standard InChI is InChI=1S/C20H25NS/c1-16-8-7-12-19(14-16)22-20(17-9-3-2-4-10-17)15-18-11-5-6-13-21-18/h2-4,7-10,12,14,18,20-21H,5-6,11,13,15H2,1H3. The zero-order valence-corrected chi connectivity index (χ0v) is 14.1. The van der Waals surface area contributed by atoms with Crippen molar-refractivity contribution in [1.29, 1.82) is 0 Å². The maximum atomic E-state index is 3.70. The first kappa shape index (κ1) is 15.6. The molecule has 1 fully saturated rings. The van der Waals surface area contributed by atoms with Crippen molar-refractivity contribution in [2.75, 3.05) is 6.54 Å². The van der Waals surface area contributed by atoms with E-state index in [1.165, 1.54) is 48.3 Å². The van der Waals surface area contributed by atoms with Gasteiger partial charge in [0.25, 0.3) is 0 Å². The predicted octanol–water partition coefficient (Wildman–Crippen LogP) is 5.36. The van der Waals surface area contributed by atoms with E-state index in [0.29, 0.717) is 11.3 Å². The number of rotatable bonds is 5. The van der Waals surface area contributed by atoms with Crippen LogP contribution in [0.25, 0.3) is 0 Å². The molecule has 0 aromatic heterocycles. The average Bonchev–Trinajstić information content (AvgIpc) is 2.56. The Balaban J connectivity index is 1.76. The molecular weight excluding hydrogens is 286 g/mol. The van der Waals surface area contributed by atoms with E-state index < -0.39 is 0 Å². The highest BCUT2D eigenvalue weighted by molar-refractivity contribution is 7.99. The van der Waals surface area contributed by atoms with Crippen LogP contribution in [0.3, 0.4) is 0 Å². The van der Waals surface area contributed by atoms with Gasteiger partial charge in [-0.1, -0.05) is 54.4 Å². The zero-order chi connectivity index (χ0) is 15.2. The van der Waals surface area contributed by atoms with Gasteiger partial charge in [-0.15, -0.1) is 11.8 Å². The predicted molar refractivity (Wildman–Crippen MR) is 96.5 cm³/mol. The molecule has 0 amide bonds. The van der Waals surface area contributed by atoms with E-state index >= 15 is 0 Å². The van der Waals surface area contributed by atoms with E-state index in [0.717, 1.165) is 0 Å². The molecule has 22 heavy (non-hydrogen) atoms. The van der Waals surface area contributed by atoms with Crippen LogP contribution in [0.4, 0.5) is 0 Å². The quantitative estimate of drug-likeness (QED) is 0.746. The molecule has 2 aromatic carbocycles. The maximum absolute atomic E-state index is 3.70. The summed E-state index contributed by atoms with van der Waals surface area (Å²) in [7, 11) is 0. The molecule has 1 nitrogen and oxygen atoms in total. The first-order valence-corrected chi connectivity index (χ1v) is 9.21. The molecule has 2 aromatic rings. The Labute approximate surface area is 138 Å². The highest BCUT2D eigenvalue weighted by Crippen LogP contribution is 2.39. The summed E-state index contributed by atoms with van der Waals surface area (Å²) in [5.41, 5.74) is 2.79. The number of benzene rings is 2. The summed E-state index contributed by atoms with van der Waals surface area (Å²) in [5.74, 6) is 0. The zero-order valence-electron chi connectivity index (χ0n) is 13.3. The third-order valence-corrected chi connectivity index (χ3v) is 5.63. The smallest absolute Gasteiger partial charge is 0.0359 e. The molecule has 0 radical (unpaired) electrons. The molecule has 1 saturated heterocycles. The molecule has 1 aliphatic rings. The van der Waals surface area contributed by atoms with E-state index in [4.69, 9.17) is 0 Å². The van der Waals surface area contributed by atoms with Crippen molar-refractivity contribution in [3.63, 3.8) is 0 Å². The molecule has 2 atom stereocenters. The first-order chi connectivity index (χ1) is 10.8. The van der Waals surface area contributed by atoms with Crippen molar-refractivity contribution < 1.29 is 0 Å². The van der Waals surface area contributed by atoms with Gasteiger partial charge in [0, 0.05) is 16.2 Å². The fraction of sp³-hybridized carbons (Fsp3) is 0.400. The molecule has 2 unspecified atom stereocenters. The van der Waals surface area contributed by atoms with Gasteiger partial charge in [0.15, 0.2) is 0 Å². The molecule has 116 valence electrons. The monoisotopic (exact) mass is 311 g/mol. The van der Waals surface area contributed by atoms with Gasteiger partial charge in [-0.05, 0) is 50.4 Å². The van der Waals surface area contributed by atoms with Crippen LogP contribution in [0.15, 0.2) is 59.5 Å². The van der Waals surface area contributed by atoms with Gasteiger partial charge in [0.2, 0.25) is 0 Å². The van der Waals surface area contributed by atoms with E-state index in [1.54, 1.807) is 0 Å². The Kier molecular flexibility index (Phi) is 5.58. The summed E-state index contributed by atoms with van der Waals surface area (Å²) in [6.45, 7) is 3.35. The number of nitrogens with one attached hydrogen (secondary N) is 1. The minimum absolute atomic E-state index is 0.526. The van der Waals surface area contributed by atoms with Gasteiger partial charge in [-0.25, -0.2) is 0 Å². The van der Waals surface area contributed by atoms with Crippen molar-refractivity contribution >= 4 is 11.8 Å². The van der Waals surface area contributed by atoms with Gasteiger partial charge in [-0.2, -0.15) is 0 Å². The maximum Gasteiger partial charge on any atom is 0.0359 e. The summed E-state index contributed by atoms with van der Waals surface area (Å²) in [6.07, 6.45) is 5.23. The topological polar surface area (TPSA) is 12.0 Å². The molecule has 1 aliphatic heterocycles. The first-order valence-electron chi connectivity index (χ1n) is 8.33. The van der Waals surface area contributed by atoms with Gasteiger partial charge >= 0.3 is 0 Å². The van der Waals surface area contributed by atoms with Crippen LogP contribution in [0, 0.1) is 6.92 Å². The normalized spacial score (nSPS) is 19.8. The third kappa shape index (κ3) is 4.37. The van der Waals surface area contributed by atoms with Crippen LogP contribution in [-0.4, -0.2) is 12.6 Å². The fourth-order valence-corrected chi connectivity index (χ4v) is 4.52. The van der Waals surface area contributed by atoms with Crippen LogP contribution in [-0.2, 0) is 0 Å². The summed E-state index contributed by atoms with van der Waals surface area (Å²) in [5, 5.41) is 4.23. The van der Waals surface area contributed by atoms with Crippen LogP contribution in [0.2, 0.25) is 0 Å². The number of hydrogen-bond donors (Lipinski definition) is 1.